The topological polar surface area (TPSA) is 66.0 Å². The van der Waals surface area contributed by atoms with Crippen molar-refractivity contribution in [3.63, 3.8) is 0 Å². The van der Waals surface area contributed by atoms with Gasteiger partial charge in [0.1, 0.15) is 6.17 Å². The fourth-order valence-corrected chi connectivity index (χ4v) is 2.80. The van der Waals surface area contributed by atoms with Gasteiger partial charge in [0.05, 0.1) is 6.04 Å². The van der Waals surface area contributed by atoms with Crippen LogP contribution in [-0.2, 0) is 0 Å². The molecule has 5 nitrogen and oxygen atoms in total. The number of carbonyl (C=O) groups is 1. The van der Waals surface area contributed by atoms with Gasteiger partial charge in [0.2, 0.25) is 0 Å². The van der Waals surface area contributed by atoms with Gasteiger partial charge in [-0.15, -0.1) is 0 Å². The third-order valence-corrected chi connectivity index (χ3v) is 3.69. The van der Waals surface area contributed by atoms with E-state index in [2.05, 4.69) is 27.9 Å². The summed E-state index contributed by atoms with van der Waals surface area (Å²) in [5.74, 6) is 0.416. The molecule has 1 aromatic heterocycles. The molecule has 0 aliphatic carbocycles. The number of amides is 2. The molecule has 90 valence electrons. The predicted octanol–water partition coefficient (Wildman–Crippen LogP) is 0.554. The zero-order valence-corrected chi connectivity index (χ0v) is 9.68. The molecule has 2 fully saturated rings. The molecular formula is C12H16N4O. The van der Waals surface area contributed by atoms with Crippen molar-refractivity contribution in [1.82, 2.24) is 20.9 Å². The van der Waals surface area contributed by atoms with Crippen LogP contribution in [0.5, 0.6) is 0 Å². The maximum Gasteiger partial charge on any atom is 0.316 e. The van der Waals surface area contributed by atoms with E-state index in [1.54, 1.807) is 0 Å². The summed E-state index contributed by atoms with van der Waals surface area (Å²) in [6.07, 6.45) is 4.66. The number of piperidine rings is 1. The Morgan fingerprint density at radius 1 is 1.29 bits per heavy atom. The quantitative estimate of drug-likeness (QED) is 0.662. The van der Waals surface area contributed by atoms with Crippen LogP contribution in [0.4, 0.5) is 4.79 Å². The standard InChI is InChI=1S/C12H16N4O/c1-7-9(8-2-4-13-5-3-8)6-10-11(14-7)16-12(17)15-10/h2-5,7,9-11,14H,6H2,1H3,(H2,15,16,17). The first-order valence-electron chi connectivity index (χ1n) is 5.97. The van der Waals surface area contributed by atoms with Crippen LogP contribution in [0.15, 0.2) is 24.5 Å². The van der Waals surface area contributed by atoms with Crippen LogP contribution in [0.3, 0.4) is 0 Å². The smallest absolute Gasteiger partial charge is 0.316 e. The number of nitrogens with one attached hydrogen (secondary N) is 3. The number of fused-ring (bicyclic) bond motifs is 1. The minimum atomic E-state index is -0.0740. The third-order valence-electron chi connectivity index (χ3n) is 3.69. The maximum atomic E-state index is 11.3. The van der Waals surface area contributed by atoms with Crippen molar-refractivity contribution in [2.75, 3.05) is 0 Å². The Kier molecular flexibility index (Phi) is 2.48. The highest BCUT2D eigenvalue weighted by atomic mass is 16.2. The monoisotopic (exact) mass is 232 g/mol. The van der Waals surface area contributed by atoms with Gasteiger partial charge < -0.3 is 10.6 Å². The number of pyridine rings is 1. The Balaban J connectivity index is 1.81. The molecule has 0 radical (unpaired) electrons. The highest BCUT2D eigenvalue weighted by Crippen LogP contribution is 2.30. The lowest BCUT2D eigenvalue weighted by Gasteiger charge is -2.37. The summed E-state index contributed by atoms with van der Waals surface area (Å²) in [5.41, 5.74) is 1.28. The summed E-state index contributed by atoms with van der Waals surface area (Å²) in [7, 11) is 0. The van der Waals surface area contributed by atoms with Crippen molar-refractivity contribution in [1.29, 1.82) is 0 Å². The van der Waals surface area contributed by atoms with Gasteiger partial charge in [-0.3, -0.25) is 10.3 Å². The first kappa shape index (κ1) is 10.5. The van der Waals surface area contributed by atoms with Gasteiger partial charge in [0, 0.05) is 24.4 Å². The molecule has 0 bridgehead atoms. The van der Waals surface area contributed by atoms with E-state index in [9.17, 15) is 4.79 Å². The Hall–Kier alpha value is -1.62. The van der Waals surface area contributed by atoms with Crippen molar-refractivity contribution in [2.45, 2.75) is 37.5 Å². The van der Waals surface area contributed by atoms with Crippen molar-refractivity contribution in [3.05, 3.63) is 30.1 Å². The minimum absolute atomic E-state index is 0.0654. The Bertz CT molecular complexity index is 422. The van der Waals surface area contributed by atoms with E-state index in [-0.39, 0.29) is 18.2 Å². The molecule has 4 atom stereocenters. The van der Waals surface area contributed by atoms with E-state index in [1.165, 1.54) is 5.56 Å². The Labute approximate surface area is 100 Å². The fraction of sp³-hybridized carbons (Fsp3) is 0.500. The van der Waals surface area contributed by atoms with E-state index in [0.717, 1.165) is 6.42 Å². The summed E-state index contributed by atoms with van der Waals surface area (Å²) in [6.45, 7) is 2.16. The van der Waals surface area contributed by atoms with Gasteiger partial charge >= 0.3 is 6.03 Å². The Morgan fingerprint density at radius 3 is 2.82 bits per heavy atom. The molecule has 0 aromatic carbocycles. The fourth-order valence-electron chi connectivity index (χ4n) is 2.80. The lowest BCUT2D eigenvalue weighted by molar-refractivity contribution is 0.246. The molecule has 1 aromatic rings. The summed E-state index contributed by atoms with van der Waals surface area (Å²) >= 11 is 0. The highest BCUT2D eigenvalue weighted by Gasteiger charge is 2.40. The van der Waals surface area contributed by atoms with Crippen molar-refractivity contribution >= 4 is 6.03 Å². The van der Waals surface area contributed by atoms with Crippen LogP contribution in [0.25, 0.3) is 0 Å². The predicted molar refractivity (Wildman–Crippen MR) is 63.4 cm³/mol. The second kappa shape index (κ2) is 4.00. The van der Waals surface area contributed by atoms with E-state index >= 15 is 0 Å². The molecule has 0 saturated carbocycles. The molecule has 5 heteroatoms. The van der Waals surface area contributed by atoms with Crippen molar-refractivity contribution in [3.8, 4) is 0 Å². The summed E-state index contributed by atoms with van der Waals surface area (Å²) in [4.78, 5) is 15.3. The number of hydrogen-bond acceptors (Lipinski definition) is 3. The summed E-state index contributed by atoms with van der Waals surface area (Å²) < 4.78 is 0. The SMILES string of the molecule is CC1NC2NC(=O)NC2CC1c1ccncc1. The number of hydrogen-bond donors (Lipinski definition) is 3. The average molecular weight is 232 g/mol. The molecule has 3 heterocycles. The lowest BCUT2D eigenvalue weighted by atomic mass is 9.83. The molecule has 2 saturated heterocycles. The molecule has 17 heavy (non-hydrogen) atoms. The van der Waals surface area contributed by atoms with E-state index in [1.807, 2.05) is 24.5 Å². The maximum absolute atomic E-state index is 11.3. The number of aromatic nitrogens is 1. The molecule has 0 spiro atoms. The van der Waals surface area contributed by atoms with Gasteiger partial charge in [-0.05, 0) is 31.0 Å². The molecule has 3 N–H and O–H groups in total. The second-order valence-electron chi connectivity index (χ2n) is 4.78. The zero-order chi connectivity index (χ0) is 11.8. The van der Waals surface area contributed by atoms with Crippen LogP contribution in [0, 0.1) is 0 Å². The van der Waals surface area contributed by atoms with Gasteiger partial charge in [-0.25, -0.2) is 4.79 Å². The molecule has 4 unspecified atom stereocenters. The van der Waals surface area contributed by atoms with Gasteiger partial charge in [-0.1, -0.05) is 0 Å². The van der Waals surface area contributed by atoms with Crippen molar-refractivity contribution in [2.24, 2.45) is 0 Å². The van der Waals surface area contributed by atoms with Crippen molar-refractivity contribution < 1.29 is 4.79 Å². The number of rotatable bonds is 1. The third kappa shape index (κ3) is 1.86. The highest BCUT2D eigenvalue weighted by molar-refractivity contribution is 5.77. The van der Waals surface area contributed by atoms with Crippen LogP contribution in [-0.4, -0.2) is 29.3 Å². The normalized spacial score (nSPS) is 35.9. The van der Waals surface area contributed by atoms with E-state index in [0.29, 0.717) is 12.0 Å². The van der Waals surface area contributed by atoms with Crippen LogP contribution in [0.2, 0.25) is 0 Å². The summed E-state index contributed by atoms with van der Waals surface area (Å²) in [5, 5.41) is 9.28. The van der Waals surface area contributed by atoms with Crippen LogP contribution >= 0.6 is 0 Å². The number of nitrogens with zero attached hydrogens (tertiary/aromatic N) is 1. The first-order valence-corrected chi connectivity index (χ1v) is 5.97. The molecule has 3 rings (SSSR count). The molecule has 2 aliphatic rings. The van der Waals surface area contributed by atoms with Crippen LogP contribution < -0.4 is 16.0 Å². The number of urea groups is 1. The van der Waals surface area contributed by atoms with Gasteiger partial charge in [-0.2, -0.15) is 0 Å². The van der Waals surface area contributed by atoms with E-state index in [4.69, 9.17) is 0 Å². The first-order chi connectivity index (χ1) is 8.24. The van der Waals surface area contributed by atoms with Gasteiger partial charge in [0.15, 0.2) is 0 Å². The number of carbonyl (C=O) groups excluding carboxylic acids is 1. The largest absolute Gasteiger partial charge is 0.332 e. The van der Waals surface area contributed by atoms with Crippen LogP contribution in [0.1, 0.15) is 24.8 Å². The summed E-state index contributed by atoms with van der Waals surface area (Å²) in [6, 6.07) is 4.55. The average Bonchev–Trinajstić information content (AvgIpc) is 2.68. The molecule has 2 aliphatic heterocycles. The molecular weight excluding hydrogens is 216 g/mol. The van der Waals surface area contributed by atoms with E-state index < -0.39 is 0 Å². The second-order valence-corrected chi connectivity index (χ2v) is 4.78. The molecule has 2 amide bonds. The zero-order valence-electron chi connectivity index (χ0n) is 9.68. The minimum Gasteiger partial charge on any atom is -0.332 e. The Morgan fingerprint density at radius 2 is 2.06 bits per heavy atom. The lowest BCUT2D eigenvalue weighted by Crippen LogP contribution is -2.56. The van der Waals surface area contributed by atoms with Gasteiger partial charge in [0.25, 0.3) is 0 Å².